The predicted octanol–water partition coefficient (Wildman–Crippen LogP) is 6.06. The molecule has 0 heterocycles. The van der Waals surface area contributed by atoms with Crippen LogP contribution in [0.4, 0.5) is 0 Å². The average Bonchev–Trinajstić information content (AvgIpc) is 2.75. The van der Waals surface area contributed by atoms with E-state index in [1.54, 1.807) is 13.1 Å². The molecule has 0 aliphatic rings. The van der Waals surface area contributed by atoms with Crippen LogP contribution < -0.4 is 5.73 Å². The van der Waals surface area contributed by atoms with Crippen LogP contribution in [0.5, 0.6) is 0 Å². The van der Waals surface area contributed by atoms with Gasteiger partial charge in [0.2, 0.25) is 6.73 Å². The molecule has 0 fully saturated rings. The topological polar surface area (TPSA) is 55.3 Å². The Hall–Kier alpha value is -0.966. The van der Waals surface area contributed by atoms with Gasteiger partial charge in [0.1, 0.15) is 0 Å². The normalized spacial score (nSPS) is 7.79. The Morgan fingerprint density at radius 2 is 1.50 bits per heavy atom. The van der Waals surface area contributed by atoms with Gasteiger partial charge >= 0.3 is 0 Å². The molecule has 2 N–H and O–H groups in total. The van der Waals surface area contributed by atoms with E-state index >= 15 is 0 Å². The van der Waals surface area contributed by atoms with Crippen LogP contribution in [-0.4, -0.2) is 24.3 Å². The summed E-state index contributed by atoms with van der Waals surface area (Å²) in [5, 5.41) is 0. The third kappa shape index (κ3) is 39.9. The molecule has 1 radical (unpaired) electrons. The van der Waals surface area contributed by atoms with Crippen LogP contribution in [0.25, 0.3) is 0 Å². The maximum absolute atomic E-state index is 9.61. The van der Waals surface area contributed by atoms with Gasteiger partial charge in [-0.25, -0.2) is 0 Å². The molecule has 0 unspecified atom stereocenters. The van der Waals surface area contributed by atoms with E-state index in [9.17, 15) is 4.79 Å². The fourth-order valence-corrected chi connectivity index (χ4v) is 1.39. The van der Waals surface area contributed by atoms with E-state index < -0.39 is 0 Å². The van der Waals surface area contributed by atoms with Gasteiger partial charge < -0.3 is 15.0 Å². The molecule has 1 aromatic rings. The Kier molecular flexibility index (Phi) is 66.6. The van der Waals surface area contributed by atoms with Gasteiger partial charge in [-0.3, -0.25) is 4.79 Å². The molecule has 163 valence electrons. The molecule has 0 spiro atoms. The van der Waals surface area contributed by atoms with Crippen molar-refractivity contribution in [2.45, 2.75) is 68.7 Å². The summed E-state index contributed by atoms with van der Waals surface area (Å²) >= 11 is 0. The first-order valence-electron chi connectivity index (χ1n) is 9.87. The van der Waals surface area contributed by atoms with Crippen molar-refractivity contribution in [1.29, 1.82) is 0 Å². The molecule has 0 saturated carbocycles. The molecule has 0 saturated heterocycles. The summed E-state index contributed by atoms with van der Waals surface area (Å²) in [6.45, 7) is 23.3. The van der Waals surface area contributed by atoms with Crippen LogP contribution in [0.3, 0.4) is 0 Å². The summed E-state index contributed by atoms with van der Waals surface area (Å²) in [7, 11) is 1.50. The largest absolute Gasteiger partial charge is 0.443 e. The second kappa shape index (κ2) is 45.0. The summed E-state index contributed by atoms with van der Waals surface area (Å²) in [6.07, 6.45) is 4.42. The Balaban J connectivity index is -0.0000000622. The summed E-state index contributed by atoms with van der Waals surface area (Å²) < 4.78 is 5.82. The number of rotatable bonds is 6. The Bertz CT molecular complexity index is 395. The molecule has 28 heavy (non-hydrogen) atoms. The van der Waals surface area contributed by atoms with Crippen molar-refractivity contribution in [3.8, 4) is 0 Å². The zero-order valence-electron chi connectivity index (χ0n) is 20.1. The van der Waals surface area contributed by atoms with Crippen LogP contribution >= 0.6 is 0 Å². The van der Waals surface area contributed by atoms with Crippen molar-refractivity contribution in [2.75, 3.05) is 7.05 Å². The van der Waals surface area contributed by atoms with Crippen LogP contribution in [0.2, 0.25) is 0 Å². The molecule has 0 amide bonds. The third-order valence-electron chi connectivity index (χ3n) is 2.23. The standard InChI is InChI=1S/C10H14.C6H9NO2.3C2H6.CH5N.Y/c1-9(2)8-10-6-4-3-5-7-10;1-3-7(4-2)5-9-6-8;4*1-2;/h3-7,9H,8H2,1-2H3;3-6H,1H2,2H3;3*1-2H3;2H2,1H3;. The number of nitrogens with zero attached hydrogens (tertiary/aromatic N) is 1. The summed E-state index contributed by atoms with van der Waals surface area (Å²) in [6, 6.07) is 10.6. The molecule has 1 rings (SSSR count). The molecule has 5 heteroatoms. The smallest absolute Gasteiger partial charge is 0.290 e. The third-order valence-corrected chi connectivity index (χ3v) is 2.23. The zero-order valence-corrected chi connectivity index (χ0v) is 22.9. The van der Waals surface area contributed by atoms with Crippen molar-refractivity contribution in [1.82, 2.24) is 0 Å². The van der Waals surface area contributed by atoms with E-state index in [2.05, 4.69) is 61.2 Å². The van der Waals surface area contributed by atoms with Gasteiger partial charge in [0.25, 0.3) is 6.47 Å². The van der Waals surface area contributed by atoms with Gasteiger partial charge in [-0.15, -0.1) is 0 Å². The van der Waals surface area contributed by atoms with E-state index in [0.717, 1.165) is 5.92 Å². The van der Waals surface area contributed by atoms with Gasteiger partial charge in [0, 0.05) is 38.9 Å². The van der Waals surface area contributed by atoms with Gasteiger partial charge in [0.05, 0.1) is 6.20 Å². The van der Waals surface area contributed by atoms with E-state index in [0.29, 0.717) is 6.47 Å². The first-order chi connectivity index (χ1) is 13.1. The zero-order chi connectivity index (χ0) is 22.5. The van der Waals surface area contributed by atoms with E-state index in [4.69, 9.17) is 0 Å². The molecule has 0 atom stereocenters. The maximum Gasteiger partial charge on any atom is 0.290 e. The minimum atomic E-state index is 0. The fourth-order valence-electron chi connectivity index (χ4n) is 1.39. The van der Waals surface area contributed by atoms with Gasteiger partial charge in [0.15, 0.2) is 0 Å². The number of nitrogens with two attached hydrogens (primary N) is 1. The molecule has 0 aliphatic heterocycles. The molecule has 1 aromatic carbocycles. The molecule has 0 bridgehead atoms. The molecule has 4 nitrogen and oxygen atoms in total. The van der Waals surface area contributed by atoms with Gasteiger partial charge in [-0.2, -0.15) is 0 Å². The number of benzene rings is 1. The number of carbonyl (C=O) groups is 1. The van der Waals surface area contributed by atoms with Crippen molar-refractivity contribution < 1.29 is 46.8 Å². The number of ether oxygens (including phenoxy) is 1. The summed E-state index contributed by atoms with van der Waals surface area (Å²) in [4.78, 5) is 9.61. The van der Waals surface area contributed by atoms with Crippen LogP contribution in [-0.2, 0) is 48.7 Å². The van der Waals surface area contributed by atoms with Crippen LogP contribution in [0.1, 0.15) is 67.9 Å². The quantitative estimate of drug-likeness (QED) is 0.237. The van der Waals surface area contributed by atoms with E-state index in [1.807, 2.05) is 41.5 Å². The molecule has 0 aromatic heterocycles. The number of carbonyl (C=O) groups excluding carboxylic acids is 1. The van der Waals surface area contributed by atoms with Crippen molar-refractivity contribution >= 4 is 12.7 Å². The minimum Gasteiger partial charge on any atom is -0.443 e. The van der Waals surface area contributed by atoms with E-state index in [-0.39, 0.29) is 32.7 Å². The predicted molar refractivity (Wildman–Crippen MR) is 123 cm³/mol. The fraction of sp³-hybridized carbons (Fsp3) is 0.522. The minimum absolute atomic E-state index is 0. The first kappa shape index (κ1) is 41.4. The van der Waals surface area contributed by atoms with Crippen molar-refractivity contribution in [3.05, 3.63) is 55.4 Å². The number of hydrogen-bond acceptors (Lipinski definition) is 3. The maximum atomic E-state index is 9.61. The van der Waals surface area contributed by atoms with Crippen LogP contribution in [0.15, 0.2) is 43.1 Å². The summed E-state index contributed by atoms with van der Waals surface area (Å²) in [5.74, 6) is 0.766. The second-order valence-corrected chi connectivity index (χ2v) is 4.31. The first-order valence-corrected chi connectivity index (χ1v) is 9.87. The Morgan fingerprint density at radius 3 is 1.79 bits per heavy atom. The Morgan fingerprint density at radius 1 is 1.07 bits per heavy atom. The monoisotopic (exact) mass is 471 g/mol. The van der Waals surface area contributed by atoms with E-state index in [1.165, 1.54) is 36.5 Å². The van der Waals surface area contributed by atoms with Gasteiger partial charge in [-0.1, -0.05) is 92.3 Å². The van der Waals surface area contributed by atoms with Crippen molar-refractivity contribution in [2.24, 2.45) is 11.7 Å². The summed E-state index contributed by atoms with van der Waals surface area (Å²) in [5.41, 5.74) is 5.94. The van der Waals surface area contributed by atoms with Crippen LogP contribution in [0, 0.1) is 12.6 Å². The average molecular weight is 472 g/mol. The molecular formula is C23H46N2O2Y. The van der Waals surface area contributed by atoms with Crippen molar-refractivity contribution in [3.63, 3.8) is 0 Å². The number of hydrogen-bond donors (Lipinski definition) is 1. The molecular weight excluding hydrogens is 425 g/mol. The SMILES string of the molecule is C=C/[N+](=C\C)[CH-]OC=O.CC.CC.CC.CC(C)Cc1ccccc1.CN.[Y]. The molecule has 0 aliphatic carbocycles. The Labute approximate surface area is 201 Å². The second-order valence-electron chi connectivity index (χ2n) is 4.31. The van der Waals surface area contributed by atoms with Gasteiger partial charge in [-0.05, 0) is 31.9 Å².